The zero-order valence-electron chi connectivity index (χ0n) is 11.3. The van der Waals surface area contributed by atoms with Gasteiger partial charge in [-0.15, -0.1) is 0 Å². The number of methoxy groups -OCH3 is 1. The topological polar surface area (TPSA) is 9.23 Å². The molecule has 0 saturated heterocycles. The molecular weight excluding hydrogens is 196 g/mol. The van der Waals surface area contributed by atoms with Gasteiger partial charge in [-0.3, -0.25) is 0 Å². The Bertz CT molecular complexity index is 385. The van der Waals surface area contributed by atoms with E-state index >= 15 is 0 Å². The van der Waals surface area contributed by atoms with Crippen LogP contribution in [0.15, 0.2) is 6.08 Å². The molecule has 0 bridgehead atoms. The molecule has 0 spiro atoms. The Balaban J connectivity index is 3.29. The molecule has 1 aromatic carbocycles. The van der Waals surface area contributed by atoms with Gasteiger partial charge in [-0.2, -0.15) is 0 Å². The van der Waals surface area contributed by atoms with Gasteiger partial charge in [-0.25, -0.2) is 0 Å². The van der Waals surface area contributed by atoms with Crippen molar-refractivity contribution in [1.82, 2.24) is 0 Å². The van der Waals surface area contributed by atoms with E-state index in [1.165, 1.54) is 33.4 Å². The van der Waals surface area contributed by atoms with Crippen molar-refractivity contribution in [2.45, 2.75) is 34.6 Å². The fourth-order valence-corrected chi connectivity index (χ4v) is 2.04. The van der Waals surface area contributed by atoms with Crippen LogP contribution in [0.3, 0.4) is 0 Å². The van der Waals surface area contributed by atoms with Gasteiger partial charge in [0.25, 0.3) is 0 Å². The van der Waals surface area contributed by atoms with Gasteiger partial charge in [0.15, 0.2) is 0 Å². The van der Waals surface area contributed by atoms with E-state index in [1.807, 2.05) is 0 Å². The highest BCUT2D eigenvalue weighted by atomic mass is 16.5. The summed E-state index contributed by atoms with van der Waals surface area (Å²) in [5, 5.41) is 0. The zero-order valence-corrected chi connectivity index (χ0v) is 11.3. The summed E-state index contributed by atoms with van der Waals surface area (Å²) in [5.74, 6) is 0. The first kappa shape index (κ1) is 13.0. The third-order valence-corrected chi connectivity index (χ3v) is 3.61. The molecule has 0 unspecified atom stereocenters. The van der Waals surface area contributed by atoms with Gasteiger partial charge in [-0.1, -0.05) is 12.2 Å². The van der Waals surface area contributed by atoms with Crippen molar-refractivity contribution >= 4 is 6.08 Å². The molecule has 0 aromatic heterocycles. The predicted molar refractivity (Wildman–Crippen MR) is 71.0 cm³/mol. The molecule has 1 rings (SSSR count). The van der Waals surface area contributed by atoms with Crippen LogP contribution in [0.25, 0.3) is 6.08 Å². The van der Waals surface area contributed by atoms with Crippen molar-refractivity contribution in [3.63, 3.8) is 0 Å². The summed E-state index contributed by atoms with van der Waals surface area (Å²) in [6, 6.07) is 0. The van der Waals surface area contributed by atoms with Crippen LogP contribution < -0.4 is 0 Å². The van der Waals surface area contributed by atoms with E-state index in [1.54, 1.807) is 7.11 Å². The van der Waals surface area contributed by atoms with Crippen molar-refractivity contribution in [3.8, 4) is 0 Å². The highest BCUT2D eigenvalue weighted by Crippen LogP contribution is 2.26. The highest BCUT2D eigenvalue weighted by molar-refractivity contribution is 5.63. The Kier molecular flexibility index (Phi) is 4.31. The van der Waals surface area contributed by atoms with Crippen LogP contribution >= 0.6 is 0 Å². The maximum Gasteiger partial charge on any atom is 0.0646 e. The molecule has 0 fully saturated rings. The van der Waals surface area contributed by atoms with Crippen molar-refractivity contribution in [1.29, 1.82) is 0 Å². The van der Waals surface area contributed by atoms with Gasteiger partial charge in [0.1, 0.15) is 0 Å². The molecular formula is C15H22O. The number of rotatable bonds is 3. The second-order valence-corrected chi connectivity index (χ2v) is 4.40. The number of ether oxygens (including phenoxy) is 1. The lowest BCUT2D eigenvalue weighted by atomic mass is 9.89. The summed E-state index contributed by atoms with van der Waals surface area (Å²) in [7, 11) is 1.72. The van der Waals surface area contributed by atoms with E-state index in [0.717, 1.165) is 0 Å². The summed E-state index contributed by atoms with van der Waals surface area (Å²) in [6.45, 7) is 11.7. The molecule has 0 atom stereocenters. The second-order valence-electron chi connectivity index (χ2n) is 4.40. The fourth-order valence-electron chi connectivity index (χ4n) is 2.04. The Morgan fingerprint density at radius 2 is 1.25 bits per heavy atom. The average Bonchev–Trinajstić information content (AvgIpc) is 2.28. The van der Waals surface area contributed by atoms with Crippen molar-refractivity contribution in [2.75, 3.05) is 13.7 Å². The van der Waals surface area contributed by atoms with Crippen LogP contribution in [0, 0.1) is 34.6 Å². The predicted octanol–water partition coefficient (Wildman–Crippen LogP) is 3.89. The summed E-state index contributed by atoms with van der Waals surface area (Å²) in [6.07, 6.45) is 4.25. The average molecular weight is 218 g/mol. The molecule has 1 nitrogen and oxygen atoms in total. The van der Waals surface area contributed by atoms with Crippen LogP contribution in [0.4, 0.5) is 0 Å². The van der Waals surface area contributed by atoms with E-state index in [-0.39, 0.29) is 0 Å². The maximum atomic E-state index is 5.04. The van der Waals surface area contributed by atoms with E-state index < -0.39 is 0 Å². The normalized spacial score (nSPS) is 11.4. The fraction of sp³-hybridized carbons (Fsp3) is 0.467. The third kappa shape index (κ3) is 2.35. The molecule has 0 aliphatic rings. The molecule has 0 aliphatic heterocycles. The van der Waals surface area contributed by atoms with Crippen LogP contribution in [0.5, 0.6) is 0 Å². The molecule has 88 valence electrons. The smallest absolute Gasteiger partial charge is 0.0646 e. The van der Waals surface area contributed by atoms with Crippen molar-refractivity contribution < 1.29 is 4.74 Å². The van der Waals surface area contributed by atoms with E-state index in [4.69, 9.17) is 4.74 Å². The maximum absolute atomic E-state index is 5.04. The minimum Gasteiger partial charge on any atom is -0.381 e. The van der Waals surface area contributed by atoms with E-state index in [9.17, 15) is 0 Å². The Morgan fingerprint density at radius 1 is 0.812 bits per heavy atom. The van der Waals surface area contributed by atoms with E-state index in [0.29, 0.717) is 6.61 Å². The van der Waals surface area contributed by atoms with Gasteiger partial charge in [0.05, 0.1) is 6.61 Å². The Morgan fingerprint density at radius 3 is 1.69 bits per heavy atom. The van der Waals surface area contributed by atoms with Crippen LogP contribution in [0.1, 0.15) is 33.4 Å². The monoisotopic (exact) mass is 218 g/mol. The largest absolute Gasteiger partial charge is 0.381 e. The molecule has 0 aliphatic carbocycles. The molecule has 0 amide bonds. The molecule has 0 saturated carbocycles. The quantitative estimate of drug-likeness (QED) is 0.748. The lowest BCUT2D eigenvalue weighted by Gasteiger charge is -2.16. The molecule has 0 heterocycles. The third-order valence-electron chi connectivity index (χ3n) is 3.61. The van der Waals surface area contributed by atoms with Crippen LogP contribution in [-0.4, -0.2) is 13.7 Å². The number of hydrogen-bond donors (Lipinski definition) is 0. The minimum absolute atomic E-state index is 0.671. The molecule has 16 heavy (non-hydrogen) atoms. The SMILES string of the molecule is COC/C=C/c1c(C)c(C)c(C)c(C)c1C. The Hall–Kier alpha value is -1.08. The zero-order chi connectivity index (χ0) is 12.3. The first-order valence-corrected chi connectivity index (χ1v) is 5.73. The molecule has 0 N–H and O–H groups in total. The van der Waals surface area contributed by atoms with Gasteiger partial charge in [0, 0.05) is 7.11 Å². The lowest BCUT2D eigenvalue weighted by Crippen LogP contribution is -1.99. The molecule has 1 aromatic rings. The summed E-state index contributed by atoms with van der Waals surface area (Å²) >= 11 is 0. The van der Waals surface area contributed by atoms with Gasteiger partial charge < -0.3 is 4.74 Å². The number of benzene rings is 1. The van der Waals surface area contributed by atoms with Crippen molar-refractivity contribution in [2.24, 2.45) is 0 Å². The van der Waals surface area contributed by atoms with Crippen molar-refractivity contribution in [3.05, 3.63) is 39.5 Å². The summed E-state index contributed by atoms with van der Waals surface area (Å²) < 4.78 is 5.04. The van der Waals surface area contributed by atoms with Crippen LogP contribution in [-0.2, 0) is 4.74 Å². The number of hydrogen-bond acceptors (Lipinski definition) is 1. The van der Waals surface area contributed by atoms with Crippen LogP contribution in [0.2, 0.25) is 0 Å². The van der Waals surface area contributed by atoms with Gasteiger partial charge in [-0.05, 0) is 68.0 Å². The molecule has 1 heteroatoms. The summed E-state index contributed by atoms with van der Waals surface area (Å²) in [4.78, 5) is 0. The van der Waals surface area contributed by atoms with E-state index in [2.05, 4.69) is 46.8 Å². The first-order valence-electron chi connectivity index (χ1n) is 5.73. The van der Waals surface area contributed by atoms with Gasteiger partial charge in [0.2, 0.25) is 0 Å². The summed E-state index contributed by atoms with van der Waals surface area (Å²) in [5.41, 5.74) is 8.33. The standard InChI is InChI=1S/C15H22O/c1-10-11(2)13(4)15(8-7-9-16-6)14(5)12(10)3/h7-8H,9H2,1-6H3/b8-7+. The minimum atomic E-state index is 0.671. The highest BCUT2D eigenvalue weighted by Gasteiger charge is 2.09. The van der Waals surface area contributed by atoms with Gasteiger partial charge >= 0.3 is 0 Å². The first-order chi connectivity index (χ1) is 7.50. The lowest BCUT2D eigenvalue weighted by molar-refractivity contribution is 0.234. The second kappa shape index (κ2) is 5.31. The molecule has 0 radical (unpaired) electrons. The Labute approximate surface area is 99.1 Å².